The Kier molecular flexibility index (Phi) is 4.73. The van der Waals surface area contributed by atoms with Crippen LogP contribution in [0.5, 0.6) is 5.75 Å². The monoisotopic (exact) mass is 371 g/mol. The van der Waals surface area contributed by atoms with Gasteiger partial charge < -0.3 is 5.11 Å². The lowest BCUT2D eigenvalue weighted by atomic mass is 10.2. The first kappa shape index (κ1) is 18.0. The summed E-state index contributed by atoms with van der Waals surface area (Å²) >= 11 is 0. The van der Waals surface area contributed by atoms with Crippen LogP contribution in [0.4, 0.5) is 5.69 Å². The second-order valence-corrected chi connectivity index (χ2v) is 8.21. The molecule has 0 fully saturated rings. The SMILES string of the molecule is CC(C)n1cc(S(=O)(=O)N(C)c2ccc(O)cc2)c(-c2ccccc2)n1. The maximum absolute atomic E-state index is 13.3. The first-order chi connectivity index (χ1) is 12.3. The van der Waals surface area contributed by atoms with Crippen LogP contribution in [0.1, 0.15) is 19.9 Å². The third kappa shape index (κ3) is 3.30. The van der Waals surface area contributed by atoms with E-state index in [4.69, 9.17) is 0 Å². The Bertz CT molecular complexity index is 994. The van der Waals surface area contributed by atoms with Crippen molar-refractivity contribution < 1.29 is 13.5 Å². The van der Waals surface area contributed by atoms with E-state index >= 15 is 0 Å². The highest BCUT2D eigenvalue weighted by Gasteiger charge is 2.28. The van der Waals surface area contributed by atoms with Crippen LogP contribution in [-0.4, -0.2) is 30.4 Å². The molecule has 1 heterocycles. The molecule has 0 unspecified atom stereocenters. The quantitative estimate of drug-likeness (QED) is 0.743. The normalized spacial score (nSPS) is 11.7. The van der Waals surface area contributed by atoms with Gasteiger partial charge in [-0.3, -0.25) is 8.99 Å². The van der Waals surface area contributed by atoms with Gasteiger partial charge in [0.15, 0.2) is 0 Å². The predicted octanol–water partition coefficient (Wildman–Crippen LogP) is 3.66. The summed E-state index contributed by atoms with van der Waals surface area (Å²) in [5.41, 5.74) is 1.62. The molecule has 0 atom stereocenters. The van der Waals surface area contributed by atoms with Crippen molar-refractivity contribution in [1.29, 1.82) is 0 Å². The van der Waals surface area contributed by atoms with Crippen LogP contribution < -0.4 is 4.31 Å². The van der Waals surface area contributed by atoms with E-state index in [9.17, 15) is 13.5 Å². The number of phenols is 1. The van der Waals surface area contributed by atoms with Gasteiger partial charge in [-0.05, 0) is 38.1 Å². The highest BCUT2D eigenvalue weighted by Crippen LogP contribution is 2.31. The predicted molar refractivity (Wildman–Crippen MR) is 102 cm³/mol. The van der Waals surface area contributed by atoms with E-state index in [1.807, 2.05) is 44.2 Å². The van der Waals surface area contributed by atoms with E-state index in [-0.39, 0.29) is 16.7 Å². The van der Waals surface area contributed by atoms with Crippen LogP contribution in [0.3, 0.4) is 0 Å². The van der Waals surface area contributed by atoms with Crippen LogP contribution in [0.15, 0.2) is 65.7 Å². The zero-order valence-electron chi connectivity index (χ0n) is 14.9. The minimum Gasteiger partial charge on any atom is -0.508 e. The molecular formula is C19H21N3O3S. The van der Waals surface area contributed by atoms with Gasteiger partial charge >= 0.3 is 0 Å². The van der Waals surface area contributed by atoms with Crippen LogP contribution in [0.2, 0.25) is 0 Å². The third-order valence-electron chi connectivity index (χ3n) is 4.13. The molecule has 3 rings (SSSR count). The maximum atomic E-state index is 13.3. The van der Waals surface area contributed by atoms with Crippen LogP contribution in [-0.2, 0) is 10.0 Å². The summed E-state index contributed by atoms with van der Waals surface area (Å²) in [4.78, 5) is 0.146. The Balaban J connectivity index is 2.13. The number of sulfonamides is 1. The van der Waals surface area contributed by atoms with E-state index in [1.165, 1.54) is 23.5 Å². The molecule has 6 nitrogen and oxygen atoms in total. The number of aromatic nitrogens is 2. The molecule has 1 aromatic heterocycles. The van der Waals surface area contributed by atoms with Gasteiger partial charge in [-0.2, -0.15) is 5.10 Å². The largest absolute Gasteiger partial charge is 0.508 e. The lowest BCUT2D eigenvalue weighted by Crippen LogP contribution is -2.26. The molecule has 0 aliphatic carbocycles. The summed E-state index contributed by atoms with van der Waals surface area (Å²) in [5.74, 6) is 0.0807. The average Bonchev–Trinajstić information content (AvgIpc) is 3.09. The number of hydrogen-bond donors (Lipinski definition) is 1. The third-order valence-corrected chi connectivity index (χ3v) is 5.91. The molecule has 7 heteroatoms. The van der Waals surface area contributed by atoms with Crippen molar-refractivity contribution in [2.75, 3.05) is 11.4 Å². The lowest BCUT2D eigenvalue weighted by Gasteiger charge is -2.19. The molecule has 0 spiro atoms. The zero-order valence-corrected chi connectivity index (χ0v) is 15.7. The molecule has 3 aromatic rings. The Morgan fingerprint density at radius 2 is 1.65 bits per heavy atom. The second kappa shape index (κ2) is 6.84. The Morgan fingerprint density at radius 3 is 2.23 bits per heavy atom. The van der Waals surface area contributed by atoms with Gasteiger partial charge in [0.05, 0.1) is 5.69 Å². The molecule has 2 aromatic carbocycles. The van der Waals surface area contributed by atoms with E-state index < -0.39 is 10.0 Å². The smallest absolute Gasteiger partial charge is 0.267 e. The van der Waals surface area contributed by atoms with Crippen molar-refractivity contribution in [2.24, 2.45) is 0 Å². The number of phenolic OH excluding ortho intramolecular Hbond substituents is 1. The first-order valence-electron chi connectivity index (χ1n) is 8.23. The van der Waals surface area contributed by atoms with E-state index in [0.29, 0.717) is 11.4 Å². The standard InChI is InChI=1S/C19H21N3O3S/c1-14(2)22-13-18(19(20-22)15-7-5-4-6-8-15)26(24,25)21(3)16-9-11-17(23)12-10-16/h4-14,23H,1-3H3. The van der Waals surface area contributed by atoms with Crippen molar-refractivity contribution in [2.45, 2.75) is 24.8 Å². The van der Waals surface area contributed by atoms with Crippen LogP contribution in [0, 0.1) is 0 Å². The molecule has 26 heavy (non-hydrogen) atoms. The van der Waals surface area contributed by atoms with E-state index in [2.05, 4.69) is 5.10 Å². The molecule has 0 amide bonds. The summed E-state index contributed by atoms with van der Waals surface area (Å²) in [6.07, 6.45) is 1.57. The molecule has 0 radical (unpaired) electrons. The fourth-order valence-corrected chi connectivity index (χ4v) is 3.91. The van der Waals surface area contributed by atoms with Gasteiger partial charge in [0, 0.05) is 24.8 Å². The Hall–Kier alpha value is -2.80. The Labute approximate surface area is 153 Å². The number of nitrogens with zero attached hydrogens (tertiary/aromatic N) is 3. The van der Waals surface area contributed by atoms with Gasteiger partial charge in [0.1, 0.15) is 16.3 Å². The van der Waals surface area contributed by atoms with Gasteiger partial charge in [0.2, 0.25) is 0 Å². The summed E-state index contributed by atoms with van der Waals surface area (Å²) in [7, 11) is -2.34. The fourth-order valence-electron chi connectivity index (χ4n) is 2.57. The molecular weight excluding hydrogens is 350 g/mol. The number of rotatable bonds is 5. The number of anilines is 1. The minimum atomic E-state index is -3.83. The fraction of sp³-hybridized carbons (Fsp3) is 0.211. The number of hydrogen-bond acceptors (Lipinski definition) is 4. The van der Waals surface area contributed by atoms with Crippen molar-refractivity contribution in [3.05, 3.63) is 60.8 Å². The zero-order chi connectivity index (χ0) is 18.9. The summed E-state index contributed by atoms with van der Waals surface area (Å²) in [6, 6.07) is 15.3. The van der Waals surface area contributed by atoms with Gasteiger partial charge in [-0.25, -0.2) is 8.42 Å². The lowest BCUT2D eigenvalue weighted by molar-refractivity contribution is 0.475. The molecule has 0 saturated heterocycles. The van der Waals surface area contributed by atoms with Gasteiger partial charge in [0.25, 0.3) is 10.0 Å². The van der Waals surface area contributed by atoms with Crippen molar-refractivity contribution in [1.82, 2.24) is 9.78 Å². The molecule has 0 aliphatic rings. The highest BCUT2D eigenvalue weighted by molar-refractivity contribution is 7.93. The molecule has 136 valence electrons. The van der Waals surface area contributed by atoms with E-state index in [0.717, 1.165) is 5.56 Å². The average molecular weight is 371 g/mol. The van der Waals surface area contributed by atoms with E-state index in [1.54, 1.807) is 23.0 Å². The van der Waals surface area contributed by atoms with Crippen LogP contribution >= 0.6 is 0 Å². The maximum Gasteiger partial charge on any atom is 0.267 e. The van der Waals surface area contributed by atoms with Crippen molar-refractivity contribution in [3.8, 4) is 17.0 Å². The Morgan fingerprint density at radius 1 is 1.04 bits per heavy atom. The first-order valence-corrected chi connectivity index (χ1v) is 9.67. The summed E-state index contributed by atoms with van der Waals surface area (Å²) in [6.45, 7) is 3.89. The topological polar surface area (TPSA) is 75.4 Å². The molecule has 1 N–H and O–H groups in total. The molecule has 0 saturated carbocycles. The second-order valence-electron chi connectivity index (χ2n) is 6.27. The van der Waals surface area contributed by atoms with Crippen molar-refractivity contribution in [3.63, 3.8) is 0 Å². The number of aromatic hydroxyl groups is 1. The minimum absolute atomic E-state index is 0.0281. The number of benzene rings is 2. The highest BCUT2D eigenvalue weighted by atomic mass is 32.2. The summed E-state index contributed by atoms with van der Waals surface area (Å²) < 4.78 is 29.4. The summed E-state index contributed by atoms with van der Waals surface area (Å²) in [5, 5.41) is 13.9. The molecule has 0 bridgehead atoms. The van der Waals surface area contributed by atoms with Gasteiger partial charge in [-0.15, -0.1) is 0 Å². The van der Waals surface area contributed by atoms with Gasteiger partial charge in [-0.1, -0.05) is 30.3 Å². The molecule has 0 aliphatic heterocycles. The van der Waals surface area contributed by atoms with Crippen LogP contribution in [0.25, 0.3) is 11.3 Å². The van der Waals surface area contributed by atoms with Crippen molar-refractivity contribution >= 4 is 15.7 Å².